The van der Waals surface area contributed by atoms with E-state index in [4.69, 9.17) is 4.74 Å². The first kappa shape index (κ1) is 15.8. The third-order valence-electron chi connectivity index (χ3n) is 3.21. The lowest BCUT2D eigenvalue weighted by molar-refractivity contribution is -0.146. The number of esters is 1. The summed E-state index contributed by atoms with van der Waals surface area (Å²) in [7, 11) is -4.14. The van der Waals surface area contributed by atoms with Crippen molar-refractivity contribution in [2.45, 2.75) is 30.7 Å². The van der Waals surface area contributed by atoms with E-state index in [2.05, 4.69) is 0 Å². The van der Waals surface area contributed by atoms with Gasteiger partial charge in [0.15, 0.2) is 0 Å². The first-order chi connectivity index (χ1) is 9.86. The normalized spacial score (nSPS) is 19.7. The summed E-state index contributed by atoms with van der Waals surface area (Å²) in [5.74, 6) is -2.61. The predicted octanol–water partition coefficient (Wildman–Crippen LogP) is 1.68. The van der Waals surface area contributed by atoms with Crippen LogP contribution in [0.25, 0.3) is 0 Å². The van der Waals surface area contributed by atoms with E-state index in [9.17, 15) is 22.0 Å². The Morgan fingerprint density at radius 2 is 1.95 bits per heavy atom. The van der Waals surface area contributed by atoms with Crippen LogP contribution in [0, 0.1) is 11.6 Å². The number of benzene rings is 1. The average Bonchev–Trinajstić information content (AvgIpc) is 2.87. The second-order valence-corrected chi connectivity index (χ2v) is 6.52. The first-order valence-electron chi connectivity index (χ1n) is 6.51. The van der Waals surface area contributed by atoms with E-state index in [-0.39, 0.29) is 13.2 Å². The van der Waals surface area contributed by atoms with Crippen LogP contribution < -0.4 is 0 Å². The number of hydrogen-bond acceptors (Lipinski definition) is 4. The smallest absolute Gasteiger partial charge is 0.324 e. The number of carbonyl (C=O) groups excluding carboxylic acids is 1. The van der Waals surface area contributed by atoms with Crippen LogP contribution in [0.5, 0.6) is 0 Å². The molecule has 1 saturated heterocycles. The van der Waals surface area contributed by atoms with Gasteiger partial charge in [-0.2, -0.15) is 4.31 Å². The van der Waals surface area contributed by atoms with Crippen molar-refractivity contribution >= 4 is 16.0 Å². The highest BCUT2D eigenvalue weighted by Gasteiger charge is 2.40. The monoisotopic (exact) mass is 319 g/mol. The fourth-order valence-electron chi connectivity index (χ4n) is 2.31. The molecule has 1 atom stereocenters. The van der Waals surface area contributed by atoms with Crippen molar-refractivity contribution in [3.63, 3.8) is 0 Å². The van der Waals surface area contributed by atoms with Gasteiger partial charge in [0.2, 0.25) is 10.0 Å². The fourth-order valence-corrected chi connectivity index (χ4v) is 4.00. The Morgan fingerprint density at radius 1 is 1.33 bits per heavy atom. The zero-order chi connectivity index (χ0) is 15.6. The summed E-state index contributed by atoms with van der Waals surface area (Å²) in [5.41, 5.74) is 0. The van der Waals surface area contributed by atoms with Crippen LogP contribution >= 0.6 is 0 Å². The summed E-state index contributed by atoms with van der Waals surface area (Å²) in [6.45, 7) is 1.87. The Bertz CT molecular complexity index is 627. The number of rotatable bonds is 4. The van der Waals surface area contributed by atoms with E-state index in [0.29, 0.717) is 18.9 Å². The van der Waals surface area contributed by atoms with E-state index in [1.807, 2.05) is 0 Å². The van der Waals surface area contributed by atoms with Crippen LogP contribution in [-0.4, -0.2) is 37.9 Å². The van der Waals surface area contributed by atoms with Crippen molar-refractivity contribution in [3.8, 4) is 0 Å². The molecule has 0 N–H and O–H groups in total. The summed E-state index contributed by atoms with van der Waals surface area (Å²) >= 11 is 0. The van der Waals surface area contributed by atoms with Crippen molar-refractivity contribution in [2.75, 3.05) is 13.2 Å². The molecule has 1 fully saturated rings. The van der Waals surface area contributed by atoms with Gasteiger partial charge in [-0.1, -0.05) is 0 Å². The first-order valence-corrected chi connectivity index (χ1v) is 7.95. The number of hydrogen-bond donors (Lipinski definition) is 0. The highest BCUT2D eigenvalue weighted by atomic mass is 32.2. The van der Waals surface area contributed by atoms with E-state index in [1.165, 1.54) is 0 Å². The Hall–Kier alpha value is -1.54. The van der Waals surface area contributed by atoms with E-state index in [0.717, 1.165) is 16.4 Å². The molecule has 2 rings (SSSR count). The average molecular weight is 319 g/mol. The van der Waals surface area contributed by atoms with Gasteiger partial charge in [-0.25, -0.2) is 17.2 Å². The van der Waals surface area contributed by atoms with Gasteiger partial charge in [0.25, 0.3) is 0 Å². The van der Waals surface area contributed by atoms with Crippen molar-refractivity contribution in [1.29, 1.82) is 0 Å². The summed E-state index contributed by atoms with van der Waals surface area (Å²) < 4.78 is 57.1. The molecule has 0 aliphatic carbocycles. The topological polar surface area (TPSA) is 63.7 Å². The molecule has 0 radical (unpaired) electrons. The molecule has 1 aromatic carbocycles. The zero-order valence-corrected chi connectivity index (χ0v) is 12.2. The molecular weight excluding hydrogens is 304 g/mol. The summed E-state index contributed by atoms with van der Waals surface area (Å²) in [6.07, 6.45) is 0.816. The molecule has 1 heterocycles. The van der Waals surface area contributed by atoms with Crippen molar-refractivity contribution in [1.82, 2.24) is 4.31 Å². The molecule has 5 nitrogen and oxygen atoms in total. The third-order valence-corrected chi connectivity index (χ3v) is 5.09. The maximum Gasteiger partial charge on any atom is 0.324 e. The minimum Gasteiger partial charge on any atom is -0.465 e. The van der Waals surface area contributed by atoms with Crippen LogP contribution in [0.1, 0.15) is 19.8 Å². The number of carbonyl (C=O) groups is 1. The largest absolute Gasteiger partial charge is 0.465 e. The highest BCUT2D eigenvalue weighted by Crippen LogP contribution is 2.27. The van der Waals surface area contributed by atoms with Gasteiger partial charge in [0.1, 0.15) is 17.7 Å². The molecule has 1 aliphatic rings. The van der Waals surface area contributed by atoms with Gasteiger partial charge >= 0.3 is 5.97 Å². The number of nitrogens with zero attached hydrogens (tertiary/aromatic N) is 1. The van der Waals surface area contributed by atoms with Gasteiger partial charge in [-0.15, -0.1) is 0 Å². The van der Waals surface area contributed by atoms with Crippen molar-refractivity contribution in [3.05, 3.63) is 29.8 Å². The standard InChI is InChI=1S/C13H15F2NO4S/c1-2-20-13(17)12-4-3-5-16(12)21(18,19)11-7-9(14)6-10(15)8-11/h6-8,12H,2-5H2,1H3. The lowest BCUT2D eigenvalue weighted by Crippen LogP contribution is -2.41. The number of ether oxygens (including phenoxy) is 1. The second-order valence-electron chi connectivity index (χ2n) is 4.63. The van der Waals surface area contributed by atoms with Crippen molar-refractivity contribution < 1.29 is 26.7 Å². The van der Waals surface area contributed by atoms with Gasteiger partial charge in [0, 0.05) is 12.6 Å². The zero-order valence-electron chi connectivity index (χ0n) is 11.4. The number of sulfonamides is 1. The summed E-state index contributed by atoms with van der Waals surface area (Å²) in [6, 6.07) is 1.12. The fraction of sp³-hybridized carbons (Fsp3) is 0.462. The van der Waals surface area contributed by atoms with Crippen molar-refractivity contribution in [2.24, 2.45) is 0 Å². The molecule has 0 aromatic heterocycles. The Kier molecular flexibility index (Phi) is 4.58. The summed E-state index contributed by atoms with van der Waals surface area (Å²) in [5, 5.41) is 0. The summed E-state index contributed by atoms with van der Waals surface area (Å²) in [4.78, 5) is 11.3. The Morgan fingerprint density at radius 3 is 2.52 bits per heavy atom. The van der Waals surface area contributed by atoms with Crippen LogP contribution in [0.15, 0.2) is 23.1 Å². The lowest BCUT2D eigenvalue weighted by atomic mass is 10.2. The van der Waals surface area contributed by atoms with Crippen LogP contribution in [0.4, 0.5) is 8.78 Å². The Balaban J connectivity index is 2.36. The molecular formula is C13H15F2NO4S. The van der Waals surface area contributed by atoms with Crippen LogP contribution in [0.2, 0.25) is 0 Å². The van der Waals surface area contributed by atoms with E-state index in [1.54, 1.807) is 6.92 Å². The highest BCUT2D eigenvalue weighted by molar-refractivity contribution is 7.89. The third kappa shape index (κ3) is 3.21. The van der Waals surface area contributed by atoms with E-state index < -0.39 is 38.6 Å². The molecule has 0 bridgehead atoms. The number of halogens is 2. The Labute approximate surface area is 121 Å². The van der Waals surface area contributed by atoms with Crippen LogP contribution in [-0.2, 0) is 19.6 Å². The quantitative estimate of drug-likeness (QED) is 0.792. The molecule has 0 amide bonds. The molecule has 8 heteroatoms. The molecule has 1 aliphatic heterocycles. The molecule has 1 unspecified atom stereocenters. The molecule has 116 valence electrons. The minimum absolute atomic E-state index is 0.115. The second kappa shape index (κ2) is 6.07. The maximum absolute atomic E-state index is 13.2. The van der Waals surface area contributed by atoms with Gasteiger partial charge < -0.3 is 4.74 Å². The maximum atomic E-state index is 13.2. The van der Waals surface area contributed by atoms with E-state index >= 15 is 0 Å². The molecule has 21 heavy (non-hydrogen) atoms. The molecule has 0 saturated carbocycles. The van der Waals surface area contributed by atoms with Crippen LogP contribution in [0.3, 0.4) is 0 Å². The SMILES string of the molecule is CCOC(=O)C1CCCN1S(=O)(=O)c1cc(F)cc(F)c1. The lowest BCUT2D eigenvalue weighted by Gasteiger charge is -2.22. The van der Waals surface area contributed by atoms with Gasteiger partial charge in [0.05, 0.1) is 11.5 Å². The predicted molar refractivity (Wildman–Crippen MR) is 69.9 cm³/mol. The molecule has 1 aromatic rings. The van der Waals surface area contributed by atoms with Gasteiger partial charge in [-0.05, 0) is 31.9 Å². The molecule has 0 spiro atoms. The minimum atomic E-state index is -4.14. The van der Waals surface area contributed by atoms with Gasteiger partial charge in [-0.3, -0.25) is 4.79 Å².